The van der Waals surface area contributed by atoms with Gasteiger partial charge >= 0.3 is 5.69 Å². The molecule has 0 amide bonds. The number of pyridine rings is 1. The topological polar surface area (TPSA) is 74.7 Å². The Kier molecular flexibility index (Phi) is 5.42. The number of benzene rings is 1. The van der Waals surface area contributed by atoms with E-state index in [0.29, 0.717) is 22.6 Å². The Hall–Kier alpha value is -3.20. The average molecular weight is 452 g/mol. The summed E-state index contributed by atoms with van der Waals surface area (Å²) in [5.74, 6) is -0.554. The molecule has 0 atom stereocenters. The maximum absolute atomic E-state index is 13.3. The van der Waals surface area contributed by atoms with Gasteiger partial charge in [0.25, 0.3) is 5.56 Å². The van der Waals surface area contributed by atoms with Crippen LogP contribution in [0.2, 0.25) is 0 Å². The van der Waals surface area contributed by atoms with Crippen molar-refractivity contribution in [2.45, 2.75) is 48.2 Å². The molecule has 0 saturated heterocycles. The molecule has 1 saturated carbocycles. The van der Waals surface area contributed by atoms with E-state index in [1.807, 2.05) is 30.3 Å². The van der Waals surface area contributed by atoms with E-state index in [9.17, 15) is 14.0 Å². The van der Waals surface area contributed by atoms with E-state index in [4.69, 9.17) is 5.10 Å². The van der Waals surface area contributed by atoms with Crippen molar-refractivity contribution in [3.8, 4) is 0 Å². The lowest BCUT2D eigenvalue weighted by Crippen LogP contribution is -2.39. The van der Waals surface area contributed by atoms with Crippen molar-refractivity contribution >= 4 is 22.8 Å². The van der Waals surface area contributed by atoms with E-state index >= 15 is 0 Å². The van der Waals surface area contributed by atoms with Crippen molar-refractivity contribution in [1.29, 1.82) is 0 Å². The van der Waals surface area contributed by atoms with E-state index in [1.54, 1.807) is 15.3 Å². The molecule has 1 aliphatic carbocycles. The molecule has 0 unspecified atom stereocenters. The van der Waals surface area contributed by atoms with Crippen LogP contribution in [0.3, 0.4) is 0 Å². The van der Waals surface area contributed by atoms with Gasteiger partial charge in [0, 0.05) is 24.2 Å². The SMILES string of the molecule is Cn1c(=O)c2c(Sc3ccccc3)n(Cc3ccc(F)nc3)nc2n(C2CCCC2)c1=O. The van der Waals surface area contributed by atoms with E-state index in [0.717, 1.165) is 36.1 Å². The summed E-state index contributed by atoms with van der Waals surface area (Å²) in [5.41, 5.74) is 0.471. The summed E-state index contributed by atoms with van der Waals surface area (Å²) < 4.78 is 17.9. The molecule has 0 radical (unpaired) electrons. The Morgan fingerprint density at radius 3 is 2.53 bits per heavy atom. The van der Waals surface area contributed by atoms with Gasteiger partial charge in [-0.1, -0.05) is 48.9 Å². The standard InChI is InChI=1S/C23H22FN5O2S/c1-27-21(30)19-20(29(23(27)31)16-7-5-6-8-16)26-28(14-15-11-12-18(24)25-13-15)22(19)32-17-9-3-2-4-10-17/h2-4,9-13,16H,5-8,14H2,1H3. The Morgan fingerprint density at radius 2 is 1.84 bits per heavy atom. The molecule has 1 aromatic carbocycles. The number of nitrogens with zero attached hydrogens (tertiary/aromatic N) is 5. The Bertz CT molecular complexity index is 1390. The second-order valence-corrected chi connectivity index (χ2v) is 9.08. The van der Waals surface area contributed by atoms with Gasteiger partial charge in [0.2, 0.25) is 5.95 Å². The van der Waals surface area contributed by atoms with Crippen LogP contribution < -0.4 is 11.2 Å². The molecule has 5 rings (SSSR count). The summed E-state index contributed by atoms with van der Waals surface area (Å²) >= 11 is 1.43. The molecule has 0 N–H and O–H groups in total. The van der Waals surface area contributed by atoms with Crippen LogP contribution in [0.25, 0.3) is 11.0 Å². The maximum atomic E-state index is 13.3. The Morgan fingerprint density at radius 1 is 1.09 bits per heavy atom. The molecule has 0 bridgehead atoms. The number of fused-ring (bicyclic) bond motifs is 1. The van der Waals surface area contributed by atoms with Gasteiger partial charge in [-0.05, 0) is 36.6 Å². The second-order valence-electron chi connectivity index (χ2n) is 8.02. The third-order valence-corrected chi connectivity index (χ3v) is 7.01. The maximum Gasteiger partial charge on any atom is 0.332 e. The summed E-state index contributed by atoms with van der Waals surface area (Å²) in [5, 5.41) is 5.85. The van der Waals surface area contributed by atoms with Crippen LogP contribution in [-0.4, -0.2) is 23.9 Å². The number of aromatic nitrogens is 5. The van der Waals surface area contributed by atoms with Gasteiger partial charge in [-0.15, -0.1) is 0 Å². The smallest absolute Gasteiger partial charge is 0.273 e. The zero-order chi connectivity index (χ0) is 22.2. The zero-order valence-electron chi connectivity index (χ0n) is 17.6. The lowest BCUT2D eigenvalue weighted by atomic mass is 10.2. The monoisotopic (exact) mass is 451 g/mol. The van der Waals surface area contributed by atoms with Crippen molar-refractivity contribution < 1.29 is 4.39 Å². The molecular weight excluding hydrogens is 429 g/mol. The minimum atomic E-state index is -0.554. The highest BCUT2D eigenvalue weighted by Gasteiger charge is 2.27. The predicted molar refractivity (Wildman–Crippen MR) is 121 cm³/mol. The normalized spacial score (nSPS) is 14.4. The first-order valence-corrected chi connectivity index (χ1v) is 11.4. The van der Waals surface area contributed by atoms with Crippen molar-refractivity contribution in [3.63, 3.8) is 0 Å². The number of hydrogen-bond acceptors (Lipinski definition) is 5. The van der Waals surface area contributed by atoms with Gasteiger partial charge in [-0.25, -0.2) is 9.78 Å². The molecule has 1 aliphatic rings. The van der Waals surface area contributed by atoms with Crippen molar-refractivity contribution in [3.05, 3.63) is 81.0 Å². The Balaban J connectivity index is 1.75. The van der Waals surface area contributed by atoms with Gasteiger partial charge in [-0.3, -0.25) is 18.6 Å². The van der Waals surface area contributed by atoms with E-state index in [1.165, 1.54) is 35.6 Å². The van der Waals surface area contributed by atoms with Crippen LogP contribution in [0.4, 0.5) is 4.39 Å². The lowest BCUT2D eigenvalue weighted by Gasteiger charge is -2.15. The fourth-order valence-corrected chi connectivity index (χ4v) is 5.28. The summed E-state index contributed by atoms with van der Waals surface area (Å²) in [6, 6.07) is 12.7. The summed E-state index contributed by atoms with van der Waals surface area (Å²) in [7, 11) is 1.52. The first-order chi connectivity index (χ1) is 15.5. The molecule has 3 aromatic heterocycles. The molecule has 164 valence electrons. The van der Waals surface area contributed by atoms with Crippen LogP contribution in [0.15, 0.2) is 68.2 Å². The quantitative estimate of drug-likeness (QED) is 0.432. The van der Waals surface area contributed by atoms with Gasteiger partial charge in [0.05, 0.1) is 6.54 Å². The third kappa shape index (κ3) is 3.66. The van der Waals surface area contributed by atoms with Crippen LogP contribution in [0.5, 0.6) is 0 Å². The summed E-state index contributed by atoms with van der Waals surface area (Å²) in [6.45, 7) is 0.305. The van der Waals surface area contributed by atoms with Crippen molar-refractivity contribution in [2.75, 3.05) is 0 Å². The molecule has 3 heterocycles. The van der Waals surface area contributed by atoms with Gasteiger partial charge in [0.15, 0.2) is 5.65 Å². The zero-order valence-corrected chi connectivity index (χ0v) is 18.4. The highest BCUT2D eigenvalue weighted by molar-refractivity contribution is 7.99. The number of hydrogen-bond donors (Lipinski definition) is 0. The minimum absolute atomic E-state index is 0.0298. The fourth-order valence-electron chi connectivity index (χ4n) is 4.27. The molecular formula is C23H22FN5O2S. The van der Waals surface area contributed by atoms with Gasteiger partial charge in [-0.2, -0.15) is 9.49 Å². The van der Waals surface area contributed by atoms with Crippen LogP contribution >= 0.6 is 11.8 Å². The largest absolute Gasteiger partial charge is 0.332 e. The highest BCUT2D eigenvalue weighted by Crippen LogP contribution is 2.35. The van der Waals surface area contributed by atoms with Gasteiger partial charge < -0.3 is 0 Å². The third-order valence-electron chi connectivity index (χ3n) is 5.90. The fraction of sp³-hybridized carbons (Fsp3) is 0.304. The molecule has 0 spiro atoms. The number of halogens is 1. The van der Waals surface area contributed by atoms with Crippen LogP contribution in [0, 0.1) is 5.95 Å². The predicted octanol–water partition coefficient (Wildman–Crippen LogP) is 3.75. The second kappa shape index (κ2) is 8.38. The first-order valence-electron chi connectivity index (χ1n) is 10.6. The summed E-state index contributed by atoms with van der Waals surface area (Å²) in [4.78, 5) is 31.0. The minimum Gasteiger partial charge on any atom is -0.273 e. The number of rotatable bonds is 5. The molecule has 4 aromatic rings. The van der Waals surface area contributed by atoms with E-state index < -0.39 is 5.95 Å². The van der Waals surface area contributed by atoms with Crippen LogP contribution in [0.1, 0.15) is 37.3 Å². The molecule has 32 heavy (non-hydrogen) atoms. The molecule has 7 nitrogen and oxygen atoms in total. The molecule has 1 fully saturated rings. The highest BCUT2D eigenvalue weighted by atomic mass is 32.2. The first kappa shape index (κ1) is 20.7. The molecule has 0 aliphatic heterocycles. The van der Waals surface area contributed by atoms with Gasteiger partial charge in [0.1, 0.15) is 10.4 Å². The molecule has 9 heteroatoms. The van der Waals surface area contributed by atoms with Crippen molar-refractivity contribution in [2.24, 2.45) is 7.05 Å². The summed E-state index contributed by atoms with van der Waals surface area (Å²) in [6.07, 6.45) is 5.34. The van der Waals surface area contributed by atoms with Crippen molar-refractivity contribution in [1.82, 2.24) is 23.9 Å². The lowest BCUT2D eigenvalue weighted by molar-refractivity contribution is 0.486. The average Bonchev–Trinajstić information content (AvgIpc) is 3.44. The van der Waals surface area contributed by atoms with Crippen LogP contribution in [-0.2, 0) is 13.6 Å². The van der Waals surface area contributed by atoms with E-state index in [2.05, 4.69) is 4.98 Å². The van der Waals surface area contributed by atoms with E-state index in [-0.39, 0.29) is 17.3 Å². The Labute approximate surface area is 187 Å².